The monoisotopic (exact) mass is 193 g/mol. The molecular formula is C5H14N4O2P+3. The van der Waals surface area contributed by atoms with Crippen LogP contribution in [-0.4, -0.2) is 38.8 Å². The Kier molecular flexibility index (Phi) is 4.78. The smallest absolute Gasteiger partial charge is 0.329 e. The quantitative estimate of drug-likeness (QED) is 0.305. The van der Waals surface area contributed by atoms with Gasteiger partial charge in [-0.25, -0.2) is 0 Å². The topological polar surface area (TPSA) is 76.6 Å². The fourth-order valence-electron chi connectivity index (χ4n) is 0.455. The van der Waals surface area contributed by atoms with Crippen molar-refractivity contribution < 1.29 is 13.6 Å². The zero-order valence-corrected chi connectivity index (χ0v) is 8.41. The highest BCUT2D eigenvalue weighted by Crippen LogP contribution is 2.21. The molecule has 1 N–H and O–H groups in total. The molecule has 0 bridgehead atoms. The lowest BCUT2D eigenvalue weighted by atomic mass is 10.5. The molecule has 0 aromatic rings. The highest BCUT2D eigenvalue weighted by atomic mass is 31.1. The molecule has 0 radical (unpaired) electrons. The summed E-state index contributed by atoms with van der Waals surface area (Å²) >= 11 is 0. The number of hydrogen-bond donors (Lipinski definition) is 1. The van der Waals surface area contributed by atoms with E-state index >= 15 is 0 Å². The Morgan fingerprint density at radius 1 is 1.58 bits per heavy atom. The molecule has 12 heavy (non-hydrogen) atoms. The Bertz CT molecular complexity index is 206. The molecule has 0 fully saturated rings. The molecule has 68 valence electrons. The van der Waals surface area contributed by atoms with Gasteiger partial charge in [0.25, 0.3) is 4.91 Å². The molecule has 0 rings (SSSR count). The number of quaternary nitrogens is 1. The molecule has 0 aliphatic heterocycles. The van der Waals surface area contributed by atoms with Crippen molar-refractivity contribution in [2.24, 2.45) is 4.88 Å². The van der Waals surface area contributed by atoms with Crippen LogP contribution in [0.2, 0.25) is 0 Å². The first-order chi connectivity index (χ1) is 5.45. The van der Waals surface area contributed by atoms with Crippen LogP contribution in [0.1, 0.15) is 0 Å². The van der Waals surface area contributed by atoms with Crippen molar-refractivity contribution in [1.29, 1.82) is 5.53 Å². The Hall–Kier alpha value is -0.670. The summed E-state index contributed by atoms with van der Waals surface area (Å²) in [7, 11) is 3.88. The normalized spacial score (nSPS) is 12.1. The maximum Gasteiger partial charge on any atom is 0.752 e. The molecule has 0 saturated carbocycles. The van der Waals surface area contributed by atoms with Crippen LogP contribution in [0.4, 0.5) is 0 Å². The van der Waals surface area contributed by atoms with Gasteiger partial charge >= 0.3 is 13.1 Å². The second-order valence-electron chi connectivity index (χ2n) is 3.27. The van der Waals surface area contributed by atoms with Gasteiger partial charge in [0.1, 0.15) is 12.1 Å². The van der Waals surface area contributed by atoms with Crippen molar-refractivity contribution in [3.8, 4) is 0 Å². The number of nitrogens with zero attached hydrogens (tertiary/aromatic N) is 3. The van der Waals surface area contributed by atoms with Gasteiger partial charge in [0.2, 0.25) is 0 Å². The minimum absolute atomic E-state index is 0.359. The Balaban J connectivity index is 3.57. The Morgan fingerprint density at radius 3 is 2.58 bits per heavy atom. The number of rotatable bonds is 5. The van der Waals surface area contributed by atoms with E-state index in [2.05, 4.69) is 9.80 Å². The van der Waals surface area contributed by atoms with Gasteiger partial charge in [-0.1, -0.05) is 0 Å². The van der Waals surface area contributed by atoms with E-state index in [1.807, 2.05) is 21.1 Å². The highest BCUT2D eigenvalue weighted by Gasteiger charge is 2.25. The molecule has 7 heteroatoms. The lowest BCUT2D eigenvalue weighted by Crippen LogP contribution is -2.37. The Morgan fingerprint density at radius 2 is 2.17 bits per heavy atom. The first-order valence-corrected chi connectivity index (χ1v) is 4.57. The molecule has 0 amide bonds. The molecular weight excluding hydrogens is 179 g/mol. The third kappa shape index (κ3) is 7.44. The van der Waals surface area contributed by atoms with E-state index < -0.39 is 8.18 Å². The van der Waals surface area contributed by atoms with Crippen molar-refractivity contribution >= 4 is 8.18 Å². The van der Waals surface area contributed by atoms with Crippen LogP contribution in [-0.2, 0) is 9.09 Å². The number of hydrogen-bond acceptors (Lipinski definition) is 3. The third-order valence-electron chi connectivity index (χ3n) is 1.08. The van der Waals surface area contributed by atoms with Crippen LogP contribution < -0.4 is 4.91 Å². The van der Waals surface area contributed by atoms with E-state index in [0.29, 0.717) is 6.61 Å². The first kappa shape index (κ1) is 11.3. The summed E-state index contributed by atoms with van der Waals surface area (Å²) in [5.41, 5.74) is 6.28. The molecule has 0 aliphatic rings. The largest absolute Gasteiger partial charge is 0.752 e. The van der Waals surface area contributed by atoms with Gasteiger partial charge in [-0.2, -0.15) is 0 Å². The van der Waals surface area contributed by atoms with Crippen LogP contribution in [0.5, 0.6) is 0 Å². The summed E-state index contributed by atoms with van der Waals surface area (Å²) in [4.78, 5) is 5.63. The molecule has 0 heterocycles. The van der Waals surface area contributed by atoms with Crippen LogP contribution in [0.3, 0.4) is 0 Å². The average molecular weight is 193 g/mol. The highest BCUT2D eigenvalue weighted by molar-refractivity contribution is 7.37. The van der Waals surface area contributed by atoms with Gasteiger partial charge in [0.05, 0.1) is 21.1 Å². The van der Waals surface area contributed by atoms with Crippen molar-refractivity contribution in [2.45, 2.75) is 0 Å². The zero-order chi connectivity index (χ0) is 9.61. The molecule has 6 nitrogen and oxygen atoms in total. The van der Waals surface area contributed by atoms with Gasteiger partial charge < -0.3 is 4.48 Å². The van der Waals surface area contributed by atoms with E-state index in [1.165, 1.54) is 0 Å². The molecule has 0 saturated heterocycles. The lowest BCUT2D eigenvalue weighted by Gasteiger charge is -2.21. The van der Waals surface area contributed by atoms with Crippen LogP contribution >= 0.6 is 8.18 Å². The zero-order valence-electron chi connectivity index (χ0n) is 7.52. The summed E-state index contributed by atoms with van der Waals surface area (Å²) in [6.45, 7) is 1.10. The lowest BCUT2D eigenvalue weighted by molar-refractivity contribution is -0.870. The maximum atomic E-state index is 10.7. The molecule has 0 aliphatic carbocycles. The van der Waals surface area contributed by atoms with Crippen molar-refractivity contribution in [2.75, 3.05) is 34.3 Å². The summed E-state index contributed by atoms with van der Waals surface area (Å²) in [5, 5.41) is 0. The van der Waals surface area contributed by atoms with Crippen molar-refractivity contribution in [1.82, 2.24) is 4.91 Å². The van der Waals surface area contributed by atoms with Gasteiger partial charge in [0, 0.05) is 4.57 Å². The standard InChI is InChI=1S/C5H14N4O2P/c1-9(2,3)4-5-11-12(10)8-7-6/h6H,4-5H2,1-3H3/q+3. The summed E-state index contributed by atoms with van der Waals surface area (Å²) in [6.07, 6.45) is 0. The number of likely N-dealkylation sites (N-methyl/N-ethyl adjacent to an activating group) is 1. The second kappa shape index (κ2) is 5.06. The van der Waals surface area contributed by atoms with Crippen LogP contribution in [0.15, 0.2) is 4.88 Å². The fraction of sp³-hybridized carbons (Fsp3) is 1.00. The summed E-state index contributed by atoms with van der Waals surface area (Å²) in [5.74, 6) is 0. The SMILES string of the molecule is C[N+](C)(C)CCO[P+](=O)N=[N+]=N. The van der Waals surface area contributed by atoms with E-state index in [-0.39, 0.29) is 0 Å². The van der Waals surface area contributed by atoms with Crippen molar-refractivity contribution in [3.63, 3.8) is 0 Å². The predicted octanol–water partition coefficient (Wildman–Crippen LogP) is 0.917. The van der Waals surface area contributed by atoms with Crippen LogP contribution in [0.25, 0.3) is 0 Å². The fourth-order valence-corrected chi connectivity index (χ4v) is 0.818. The van der Waals surface area contributed by atoms with E-state index in [1.54, 1.807) is 0 Å². The minimum Gasteiger partial charge on any atom is -0.329 e. The summed E-state index contributed by atoms with van der Waals surface area (Å²) < 4.78 is 16.2. The first-order valence-electron chi connectivity index (χ1n) is 3.44. The number of nitrogens with one attached hydrogen (secondary N) is 1. The molecule has 1 atom stereocenters. The van der Waals surface area contributed by atoms with E-state index in [0.717, 1.165) is 11.0 Å². The maximum absolute atomic E-state index is 10.7. The second-order valence-corrected chi connectivity index (χ2v) is 4.19. The third-order valence-corrected chi connectivity index (χ3v) is 1.72. The van der Waals surface area contributed by atoms with E-state index in [9.17, 15) is 4.57 Å². The van der Waals surface area contributed by atoms with Gasteiger partial charge in [-0.15, -0.1) is 4.52 Å². The molecule has 0 spiro atoms. The van der Waals surface area contributed by atoms with Gasteiger partial charge in [-0.05, 0) is 0 Å². The van der Waals surface area contributed by atoms with Gasteiger partial charge in [0.15, 0.2) is 6.61 Å². The molecule has 1 unspecified atom stereocenters. The average Bonchev–Trinajstić information content (AvgIpc) is 1.84. The minimum atomic E-state index is -2.12. The van der Waals surface area contributed by atoms with Gasteiger partial charge in [-0.3, -0.25) is 0 Å². The summed E-state index contributed by atoms with van der Waals surface area (Å²) in [6, 6.07) is 0. The predicted molar refractivity (Wildman–Crippen MR) is 43.7 cm³/mol. The Labute approximate surface area is 72.3 Å². The van der Waals surface area contributed by atoms with Crippen LogP contribution in [0, 0.1) is 5.53 Å². The molecule has 0 aromatic heterocycles. The molecule has 0 aromatic carbocycles. The van der Waals surface area contributed by atoms with Crippen molar-refractivity contribution in [3.05, 3.63) is 0 Å². The van der Waals surface area contributed by atoms with E-state index in [4.69, 9.17) is 10.1 Å².